The van der Waals surface area contributed by atoms with E-state index in [9.17, 15) is 4.79 Å². The predicted octanol–water partition coefficient (Wildman–Crippen LogP) is -0.0643. The molecular formula is C10H21N3O. The molecule has 0 saturated carbocycles. The van der Waals surface area contributed by atoms with Gasteiger partial charge >= 0.3 is 0 Å². The first-order chi connectivity index (χ1) is 6.74. The summed E-state index contributed by atoms with van der Waals surface area (Å²) in [5.74, 6) is 0.215. The lowest BCUT2D eigenvalue weighted by Crippen LogP contribution is -2.47. The Morgan fingerprint density at radius 3 is 2.71 bits per heavy atom. The highest BCUT2D eigenvalue weighted by atomic mass is 16.2. The molecule has 1 rings (SSSR count). The van der Waals surface area contributed by atoms with E-state index in [-0.39, 0.29) is 11.9 Å². The molecule has 1 aliphatic rings. The molecule has 1 saturated heterocycles. The lowest BCUT2D eigenvalue weighted by atomic mass is 10.1. The average molecular weight is 199 g/mol. The van der Waals surface area contributed by atoms with Crippen molar-refractivity contribution in [1.29, 1.82) is 0 Å². The van der Waals surface area contributed by atoms with Gasteiger partial charge in [0.05, 0.1) is 0 Å². The number of nitrogens with two attached hydrogens (primary N) is 1. The minimum Gasteiger partial charge on any atom is -0.340 e. The Labute approximate surface area is 85.8 Å². The quantitative estimate of drug-likeness (QED) is 0.666. The highest BCUT2D eigenvalue weighted by Gasteiger charge is 2.17. The van der Waals surface area contributed by atoms with Crippen molar-refractivity contribution in [2.24, 2.45) is 5.73 Å². The molecule has 0 aromatic rings. The number of nitrogens with zero attached hydrogens (tertiary/aromatic N) is 1. The minimum absolute atomic E-state index is 0.0439. The fourth-order valence-electron chi connectivity index (χ4n) is 1.74. The highest BCUT2D eigenvalue weighted by molar-refractivity contribution is 5.76. The number of piperazine rings is 1. The third-order valence-corrected chi connectivity index (χ3v) is 2.57. The van der Waals surface area contributed by atoms with E-state index in [4.69, 9.17) is 5.73 Å². The molecule has 1 unspecified atom stereocenters. The summed E-state index contributed by atoms with van der Waals surface area (Å²) in [6.45, 7) is 5.58. The van der Waals surface area contributed by atoms with E-state index >= 15 is 0 Å². The van der Waals surface area contributed by atoms with Crippen LogP contribution in [0.4, 0.5) is 0 Å². The topological polar surface area (TPSA) is 58.4 Å². The Balaban J connectivity index is 2.25. The number of rotatable bonds is 4. The molecule has 4 nitrogen and oxygen atoms in total. The number of carbonyl (C=O) groups excluding carboxylic acids is 1. The van der Waals surface area contributed by atoms with Crippen LogP contribution in [0.25, 0.3) is 0 Å². The summed E-state index contributed by atoms with van der Waals surface area (Å²) in [4.78, 5) is 13.6. The second-order valence-corrected chi connectivity index (χ2v) is 3.88. The van der Waals surface area contributed by atoms with Crippen molar-refractivity contribution < 1.29 is 4.79 Å². The molecule has 0 bridgehead atoms. The van der Waals surface area contributed by atoms with Crippen molar-refractivity contribution in [2.45, 2.75) is 32.2 Å². The van der Waals surface area contributed by atoms with Crippen LogP contribution in [0.1, 0.15) is 26.2 Å². The molecule has 4 heteroatoms. The first-order valence-electron chi connectivity index (χ1n) is 5.48. The molecular weight excluding hydrogens is 178 g/mol. The zero-order valence-electron chi connectivity index (χ0n) is 8.96. The van der Waals surface area contributed by atoms with Gasteiger partial charge in [0.1, 0.15) is 0 Å². The van der Waals surface area contributed by atoms with E-state index in [0.717, 1.165) is 39.0 Å². The van der Waals surface area contributed by atoms with Crippen LogP contribution in [0.5, 0.6) is 0 Å². The van der Waals surface area contributed by atoms with Gasteiger partial charge in [-0.1, -0.05) is 13.3 Å². The Hall–Kier alpha value is -0.610. The molecule has 1 atom stereocenters. The summed E-state index contributed by atoms with van der Waals surface area (Å²) in [6.07, 6.45) is 2.50. The molecule has 82 valence electrons. The third kappa shape index (κ3) is 3.64. The van der Waals surface area contributed by atoms with E-state index < -0.39 is 0 Å². The van der Waals surface area contributed by atoms with Crippen molar-refractivity contribution in [3.05, 3.63) is 0 Å². The highest BCUT2D eigenvalue weighted by Crippen LogP contribution is 2.03. The van der Waals surface area contributed by atoms with Gasteiger partial charge in [-0.15, -0.1) is 0 Å². The summed E-state index contributed by atoms with van der Waals surface area (Å²) < 4.78 is 0. The number of amides is 1. The SMILES string of the molecule is CCCC(N)CC(=O)N1CCNCC1. The van der Waals surface area contributed by atoms with Gasteiger partial charge in [0.15, 0.2) is 0 Å². The van der Waals surface area contributed by atoms with E-state index in [2.05, 4.69) is 12.2 Å². The van der Waals surface area contributed by atoms with Crippen LogP contribution in [-0.4, -0.2) is 43.0 Å². The fraction of sp³-hybridized carbons (Fsp3) is 0.900. The van der Waals surface area contributed by atoms with Crippen LogP contribution in [0.3, 0.4) is 0 Å². The van der Waals surface area contributed by atoms with Gasteiger partial charge in [0, 0.05) is 38.6 Å². The second kappa shape index (κ2) is 5.98. The molecule has 1 heterocycles. The molecule has 0 aliphatic carbocycles. The molecule has 1 aliphatic heterocycles. The Bertz CT molecular complexity index is 178. The first-order valence-corrected chi connectivity index (χ1v) is 5.48. The summed E-state index contributed by atoms with van der Waals surface area (Å²) in [6, 6.07) is 0.0439. The van der Waals surface area contributed by atoms with E-state index in [0.29, 0.717) is 6.42 Å². The molecule has 0 radical (unpaired) electrons. The van der Waals surface area contributed by atoms with E-state index in [1.54, 1.807) is 0 Å². The van der Waals surface area contributed by atoms with Gasteiger partial charge in [-0.2, -0.15) is 0 Å². The zero-order chi connectivity index (χ0) is 10.4. The molecule has 1 fully saturated rings. The summed E-state index contributed by atoms with van der Waals surface area (Å²) in [5, 5.41) is 3.22. The van der Waals surface area contributed by atoms with Gasteiger partial charge < -0.3 is 16.0 Å². The summed E-state index contributed by atoms with van der Waals surface area (Å²) >= 11 is 0. The zero-order valence-corrected chi connectivity index (χ0v) is 8.96. The largest absolute Gasteiger partial charge is 0.340 e. The lowest BCUT2D eigenvalue weighted by Gasteiger charge is -2.28. The van der Waals surface area contributed by atoms with Crippen LogP contribution in [0.2, 0.25) is 0 Å². The second-order valence-electron chi connectivity index (χ2n) is 3.88. The summed E-state index contributed by atoms with van der Waals surface area (Å²) in [5.41, 5.74) is 5.83. The van der Waals surface area contributed by atoms with Crippen molar-refractivity contribution in [1.82, 2.24) is 10.2 Å². The van der Waals surface area contributed by atoms with E-state index in [1.807, 2.05) is 4.90 Å². The molecule has 0 aromatic carbocycles. The van der Waals surface area contributed by atoms with Crippen LogP contribution >= 0.6 is 0 Å². The van der Waals surface area contributed by atoms with Crippen LogP contribution in [0, 0.1) is 0 Å². The third-order valence-electron chi connectivity index (χ3n) is 2.57. The monoisotopic (exact) mass is 199 g/mol. The molecule has 1 amide bonds. The van der Waals surface area contributed by atoms with Gasteiger partial charge in [-0.25, -0.2) is 0 Å². The van der Waals surface area contributed by atoms with Crippen LogP contribution in [0.15, 0.2) is 0 Å². The molecule has 3 N–H and O–H groups in total. The number of carbonyl (C=O) groups is 1. The molecule has 14 heavy (non-hydrogen) atoms. The average Bonchev–Trinajstić information content (AvgIpc) is 2.19. The van der Waals surface area contributed by atoms with Crippen LogP contribution < -0.4 is 11.1 Å². The predicted molar refractivity (Wildman–Crippen MR) is 57.0 cm³/mol. The maximum atomic E-state index is 11.7. The smallest absolute Gasteiger partial charge is 0.224 e. The Morgan fingerprint density at radius 1 is 1.50 bits per heavy atom. The maximum absolute atomic E-state index is 11.7. The molecule has 0 spiro atoms. The normalized spacial score (nSPS) is 19.4. The van der Waals surface area contributed by atoms with Crippen molar-refractivity contribution in [2.75, 3.05) is 26.2 Å². The van der Waals surface area contributed by atoms with Gasteiger partial charge in [0.2, 0.25) is 5.91 Å². The van der Waals surface area contributed by atoms with E-state index in [1.165, 1.54) is 0 Å². The minimum atomic E-state index is 0.0439. The number of nitrogens with one attached hydrogen (secondary N) is 1. The molecule has 0 aromatic heterocycles. The fourth-order valence-corrected chi connectivity index (χ4v) is 1.74. The van der Waals surface area contributed by atoms with Gasteiger partial charge in [-0.3, -0.25) is 4.79 Å². The Kier molecular flexibility index (Phi) is 4.90. The van der Waals surface area contributed by atoms with Crippen molar-refractivity contribution >= 4 is 5.91 Å². The van der Waals surface area contributed by atoms with Crippen molar-refractivity contribution in [3.63, 3.8) is 0 Å². The number of hydrogen-bond donors (Lipinski definition) is 2. The summed E-state index contributed by atoms with van der Waals surface area (Å²) in [7, 11) is 0. The Morgan fingerprint density at radius 2 is 2.14 bits per heavy atom. The van der Waals surface area contributed by atoms with Crippen molar-refractivity contribution in [3.8, 4) is 0 Å². The van der Waals surface area contributed by atoms with Crippen LogP contribution in [-0.2, 0) is 4.79 Å². The first kappa shape index (κ1) is 11.5. The standard InChI is InChI=1S/C10H21N3O/c1-2-3-9(11)8-10(14)13-6-4-12-5-7-13/h9,12H,2-8,11H2,1H3. The number of hydrogen-bond acceptors (Lipinski definition) is 3. The maximum Gasteiger partial charge on any atom is 0.224 e. The van der Waals surface area contributed by atoms with Gasteiger partial charge in [-0.05, 0) is 6.42 Å². The van der Waals surface area contributed by atoms with Gasteiger partial charge in [0.25, 0.3) is 0 Å². The lowest BCUT2D eigenvalue weighted by molar-refractivity contribution is -0.132.